The van der Waals surface area contributed by atoms with Crippen LogP contribution in [0.1, 0.15) is 40.2 Å². The quantitative estimate of drug-likeness (QED) is 0.895. The van der Waals surface area contributed by atoms with Gasteiger partial charge in [-0.2, -0.15) is 5.10 Å². The van der Waals surface area contributed by atoms with E-state index in [1.807, 2.05) is 6.20 Å². The average molecular weight is 245 g/mol. The van der Waals surface area contributed by atoms with E-state index in [2.05, 4.69) is 67.1 Å². The Kier molecular flexibility index (Phi) is 3.71. The number of hydrogen-bond donors (Lipinski definition) is 1. The molecule has 0 fully saturated rings. The molecule has 2 aromatic rings. The van der Waals surface area contributed by atoms with Crippen LogP contribution in [0.2, 0.25) is 0 Å². The fourth-order valence-corrected chi connectivity index (χ4v) is 2.11. The zero-order valence-corrected chi connectivity index (χ0v) is 11.8. The van der Waals surface area contributed by atoms with Crippen LogP contribution < -0.4 is 5.32 Å². The Morgan fingerprint density at radius 2 is 2.00 bits per heavy atom. The van der Waals surface area contributed by atoms with E-state index in [-0.39, 0.29) is 5.54 Å². The van der Waals surface area contributed by atoms with Gasteiger partial charge >= 0.3 is 0 Å². The van der Waals surface area contributed by atoms with E-state index < -0.39 is 0 Å². The van der Waals surface area contributed by atoms with Gasteiger partial charge in [0.2, 0.25) is 0 Å². The Morgan fingerprint density at radius 1 is 1.28 bits per heavy atom. The van der Waals surface area contributed by atoms with E-state index >= 15 is 0 Å². The van der Waals surface area contributed by atoms with Crippen molar-refractivity contribution in [2.45, 2.75) is 45.7 Å². The van der Waals surface area contributed by atoms with Crippen molar-refractivity contribution in [2.24, 2.45) is 0 Å². The van der Waals surface area contributed by atoms with Crippen LogP contribution in [-0.2, 0) is 0 Å². The molecule has 1 N–H and O–H groups in total. The van der Waals surface area contributed by atoms with Crippen molar-refractivity contribution >= 4 is 10.9 Å². The van der Waals surface area contributed by atoms with Crippen LogP contribution in [0.3, 0.4) is 0 Å². The van der Waals surface area contributed by atoms with E-state index in [1.54, 1.807) is 0 Å². The Balaban J connectivity index is 2.22. The highest BCUT2D eigenvalue weighted by Gasteiger charge is 2.16. The zero-order chi connectivity index (χ0) is 13.2. The van der Waals surface area contributed by atoms with Crippen molar-refractivity contribution in [1.82, 2.24) is 15.1 Å². The van der Waals surface area contributed by atoms with Crippen LogP contribution in [0, 0.1) is 0 Å². The number of rotatable bonds is 4. The van der Waals surface area contributed by atoms with Gasteiger partial charge in [0.05, 0.1) is 17.8 Å². The molecule has 0 saturated carbocycles. The molecule has 1 aromatic carbocycles. The van der Waals surface area contributed by atoms with Gasteiger partial charge in [-0.1, -0.05) is 25.1 Å². The Labute approximate surface area is 109 Å². The fraction of sp³-hybridized carbons (Fsp3) is 0.533. The molecule has 0 aliphatic heterocycles. The molecule has 0 bridgehead atoms. The van der Waals surface area contributed by atoms with Crippen molar-refractivity contribution < 1.29 is 0 Å². The summed E-state index contributed by atoms with van der Waals surface area (Å²) in [5, 5.41) is 9.32. The molecular formula is C15H23N3. The molecule has 98 valence electrons. The van der Waals surface area contributed by atoms with Gasteiger partial charge in [0, 0.05) is 17.5 Å². The van der Waals surface area contributed by atoms with Crippen molar-refractivity contribution in [1.29, 1.82) is 0 Å². The SMILES string of the molecule is CCC(CNC(C)(C)C)n1ncc2ccccc21. The summed E-state index contributed by atoms with van der Waals surface area (Å²) >= 11 is 0. The smallest absolute Gasteiger partial charge is 0.0686 e. The molecule has 0 aliphatic rings. The van der Waals surface area contributed by atoms with Gasteiger partial charge in [0.25, 0.3) is 0 Å². The second-order valence-corrected chi connectivity index (χ2v) is 5.84. The molecule has 1 atom stereocenters. The lowest BCUT2D eigenvalue weighted by atomic mass is 10.1. The molecule has 1 aromatic heterocycles. The van der Waals surface area contributed by atoms with Crippen molar-refractivity contribution in [3.8, 4) is 0 Å². The molecule has 3 nitrogen and oxygen atoms in total. The van der Waals surface area contributed by atoms with Gasteiger partial charge in [-0.05, 0) is 33.3 Å². The summed E-state index contributed by atoms with van der Waals surface area (Å²) in [5.41, 5.74) is 1.37. The van der Waals surface area contributed by atoms with Gasteiger partial charge in [0.1, 0.15) is 0 Å². The van der Waals surface area contributed by atoms with Crippen molar-refractivity contribution in [3.05, 3.63) is 30.5 Å². The first-order valence-corrected chi connectivity index (χ1v) is 6.68. The third-order valence-corrected chi connectivity index (χ3v) is 3.19. The number of benzene rings is 1. The molecule has 2 rings (SSSR count). The van der Waals surface area contributed by atoms with Crippen LogP contribution in [0.4, 0.5) is 0 Å². The van der Waals surface area contributed by atoms with Gasteiger partial charge < -0.3 is 5.32 Å². The Hall–Kier alpha value is -1.35. The number of nitrogens with one attached hydrogen (secondary N) is 1. The first-order valence-electron chi connectivity index (χ1n) is 6.68. The van der Waals surface area contributed by atoms with Crippen LogP contribution in [0.25, 0.3) is 10.9 Å². The summed E-state index contributed by atoms with van der Waals surface area (Å²) in [6.45, 7) is 9.75. The first-order chi connectivity index (χ1) is 8.51. The molecule has 18 heavy (non-hydrogen) atoms. The minimum atomic E-state index is 0.149. The average Bonchev–Trinajstić information content (AvgIpc) is 2.73. The predicted octanol–water partition coefficient (Wildman–Crippen LogP) is 3.38. The Morgan fingerprint density at radius 3 is 2.67 bits per heavy atom. The van der Waals surface area contributed by atoms with Crippen LogP contribution >= 0.6 is 0 Å². The second-order valence-electron chi connectivity index (χ2n) is 5.84. The number of nitrogens with zero attached hydrogens (tertiary/aromatic N) is 2. The molecule has 0 saturated heterocycles. The highest BCUT2D eigenvalue weighted by molar-refractivity contribution is 5.78. The fourth-order valence-electron chi connectivity index (χ4n) is 2.11. The molecule has 0 amide bonds. The van der Waals surface area contributed by atoms with E-state index in [0.29, 0.717) is 6.04 Å². The second kappa shape index (κ2) is 5.11. The topological polar surface area (TPSA) is 29.9 Å². The monoisotopic (exact) mass is 245 g/mol. The zero-order valence-electron chi connectivity index (χ0n) is 11.8. The first kappa shape index (κ1) is 13.1. The van der Waals surface area contributed by atoms with Crippen molar-refractivity contribution in [3.63, 3.8) is 0 Å². The maximum Gasteiger partial charge on any atom is 0.0686 e. The molecular weight excluding hydrogens is 222 g/mol. The lowest BCUT2D eigenvalue weighted by Gasteiger charge is -2.25. The third-order valence-electron chi connectivity index (χ3n) is 3.19. The van der Waals surface area contributed by atoms with Crippen LogP contribution in [-0.4, -0.2) is 21.9 Å². The van der Waals surface area contributed by atoms with Crippen LogP contribution in [0.15, 0.2) is 30.5 Å². The summed E-state index contributed by atoms with van der Waals surface area (Å²) in [7, 11) is 0. The summed E-state index contributed by atoms with van der Waals surface area (Å²) in [5.74, 6) is 0. The number of aromatic nitrogens is 2. The highest BCUT2D eigenvalue weighted by atomic mass is 15.3. The van der Waals surface area contributed by atoms with Gasteiger partial charge in [0.15, 0.2) is 0 Å². The number of hydrogen-bond acceptors (Lipinski definition) is 2. The van der Waals surface area contributed by atoms with Crippen molar-refractivity contribution in [2.75, 3.05) is 6.54 Å². The maximum atomic E-state index is 4.54. The summed E-state index contributed by atoms with van der Waals surface area (Å²) in [6.07, 6.45) is 3.03. The van der Waals surface area contributed by atoms with E-state index in [1.165, 1.54) is 10.9 Å². The summed E-state index contributed by atoms with van der Waals surface area (Å²) in [6, 6.07) is 8.79. The molecule has 0 spiro atoms. The minimum Gasteiger partial charge on any atom is -0.310 e. The molecule has 1 unspecified atom stereocenters. The molecule has 3 heteroatoms. The van der Waals surface area contributed by atoms with Gasteiger partial charge in [-0.15, -0.1) is 0 Å². The van der Waals surface area contributed by atoms with E-state index in [9.17, 15) is 0 Å². The van der Waals surface area contributed by atoms with Gasteiger partial charge in [-0.3, -0.25) is 4.68 Å². The third kappa shape index (κ3) is 2.91. The molecule has 0 aliphatic carbocycles. The lowest BCUT2D eigenvalue weighted by Crippen LogP contribution is -2.39. The molecule has 1 heterocycles. The van der Waals surface area contributed by atoms with Gasteiger partial charge in [-0.25, -0.2) is 0 Å². The Bertz CT molecular complexity index is 508. The largest absolute Gasteiger partial charge is 0.310 e. The standard InChI is InChI=1S/C15H23N3/c1-5-13(11-16-15(2,3)4)18-14-9-7-6-8-12(14)10-17-18/h6-10,13,16H,5,11H2,1-4H3. The maximum absolute atomic E-state index is 4.54. The lowest BCUT2D eigenvalue weighted by molar-refractivity contribution is 0.350. The number of para-hydroxylation sites is 1. The summed E-state index contributed by atoms with van der Waals surface area (Å²) < 4.78 is 2.15. The summed E-state index contributed by atoms with van der Waals surface area (Å²) in [4.78, 5) is 0. The van der Waals surface area contributed by atoms with E-state index in [0.717, 1.165) is 13.0 Å². The van der Waals surface area contributed by atoms with E-state index in [4.69, 9.17) is 0 Å². The number of fused-ring (bicyclic) bond motifs is 1. The molecule has 0 radical (unpaired) electrons. The van der Waals surface area contributed by atoms with Crippen LogP contribution in [0.5, 0.6) is 0 Å². The predicted molar refractivity (Wildman–Crippen MR) is 76.8 cm³/mol. The normalized spacial score (nSPS) is 14.0. The minimum absolute atomic E-state index is 0.149. The highest BCUT2D eigenvalue weighted by Crippen LogP contribution is 2.19.